The van der Waals surface area contributed by atoms with E-state index in [1.54, 1.807) is 4.90 Å². The van der Waals surface area contributed by atoms with Crippen molar-refractivity contribution in [1.82, 2.24) is 9.88 Å². The molecule has 1 saturated heterocycles. The smallest absolute Gasteiger partial charge is 0.387 e. The summed E-state index contributed by atoms with van der Waals surface area (Å²) in [5.74, 6) is -0.380. The Morgan fingerprint density at radius 3 is 2.43 bits per heavy atom. The number of hydrogen-bond acceptors (Lipinski definition) is 6. The zero-order valence-corrected chi connectivity index (χ0v) is 24.2. The number of hydrogen-bond donors (Lipinski definition) is 0. The monoisotopic (exact) mass is 618 g/mol. The van der Waals surface area contributed by atoms with Crippen LogP contribution in [0.3, 0.4) is 0 Å². The number of amides is 1. The van der Waals surface area contributed by atoms with E-state index < -0.39 is 24.7 Å². The normalized spacial score (nSPS) is 17.3. The van der Waals surface area contributed by atoms with Crippen LogP contribution in [0.15, 0.2) is 60.9 Å². The number of esters is 1. The second kappa shape index (κ2) is 13.7. The third-order valence-electron chi connectivity index (χ3n) is 7.37. The Morgan fingerprint density at radius 1 is 1.00 bits per heavy atom. The molecule has 2 heterocycles. The van der Waals surface area contributed by atoms with Crippen molar-refractivity contribution in [2.24, 2.45) is 5.92 Å². The van der Waals surface area contributed by atoms with Gasteiger partial charge in [-0.1, -0.05) is 59.6 Å². The van der Waals surface area contributed by atoms with Crippen molar-refractivity contribution in [3.05, 3.63) is 87.7 Å². The molecule has 3 aromatic rings. The first-order chi connectivity index (χ1) is 20.3. The minimum atomic E-state index is -3.04. The van der Waals surface area contributed by atoms with E-state index in [2.05, 4.69) is 9.72 Å². The Kier molecular flexibility index (Phi) is 9.80. The standard InChI is InChI=1S/C31H30Cl2F2N2O5/c32-23-16-36-17-24(33)22(23)15-27(21-10-11-26(42-31(34)35)28(14-21)40-18-20-8-9-20)41-30(39)25-7-4-12-37(25)29(38)13-19-5-2-1-3-6-19/h1-3,5-6,10-11,14,16-17,20,25,27,31H,4,7-9,12-13,15,18H2/t25-,27?/m0/s1. The van der Waals surface area contributed by atoms with E-state index in [9.17, 15) is 18.4 Å². The van der Waals surface area contributed by atoms with Crippen LogP contribution in [-0.2, 0) is 27.2 Å². The molecule has 0 radical (unpaired) electrons. The molecule has 5 rings (SSSR count). The van der Waals surface area contributed by atoms with Gasteiger partial charge in [0.05, 0.1) is 23.1 Å². The molecule has 1 aromatic heterocycles. The van der Waals surface area contributed by atoms with E-state index in [4.69, 9.17) is 32.7 Å². The van der Waals surface area contributed by atoms with Crippen molar-refractivity contribution in [3.63, 3.8) is 0 Å². The maximum absolute atomic E-state index is 13.6. The van der Waals surface area contributed by atoms with Crippen molar-refractivity contribution in [2.75, 3.05) is 13.2 Å². The summed E-state index contributed by atoms with van der Waals surface area (Å²) in [6.45, 7) is -2.24. The number of alkyl halides is 2. The molecular formula is C31H30Cl2F2N2O5. The van der Waals surface area contributed by atoms with E-state index >= 15 is 0 Å². The number of ether oxygens (including phenoxy) is 3. The number of carbonyl (C=O) groups excluding carboxylic acids is 2. The molecule has 1 unspecified atom stereocenters. The molecule has 11 heteroatoms. The van der Waals surface area contributed by atoms with Gasteiger partial charge in [-0.25, -0.2) is 4.79 Å². The fourth-order valence-electron chi connectivity index (χ4n) is 4.97. The van der Waals surface area contributed by atoms with Gasteiger partial charge < -0.3 is 19.1 Å². The minimum absolute atomic E-state index is 0.0771. The first-order valence-electron chi connectivity index (χ1n) is 13.8. The van der Waals surface area contributed by atoms with Gasteiger partial charge in [0.1, 0.15) is 12.1 Å². The topological polar surface area (TPSA) is 78.0 Å². The van der Waals surface area contributed by atoms with E-state index in [0.717, 1.165) is 18.4 Å². The maximum atomic E-state index is 13.6. The van der Waals surface area contributed by atoms with Crippen LogP contribution >= 0.6 is 23.2 Å². The van der Waals surface area contributed by atoms with Gasteiger partial charge in [0.25, 0.3) is 0 Å². The number of rotatable bonds is 12. The zero-order chi connectivity index (χ0) is 29.6. The van der Waals surface area contributed by atoms with Crippen molar-refractivity contribution in [3.8, 4) is 11.5 Å². The summed E-state index contributed by atoms with van der Waals surface area (Å²) in [7, 11) is 0. The van der Waals surface area contributed by atoms with Crippen LogP contribution in [0.4, 0.5) is 8.78 Å². The average molecular weight is 619 g/mol. The molecular weight excluding hydrogens is 589 g/mol. The summed E-state index contributed by atoms with van der Waals surface area (Å²) in [4.78, 5) is 32.3. The lowest BCUT2D eigenvalue weighted by atomic mass is 10.0. The molecule has 2 aromatic carbocycles. The molecule has 0 spiro atoms. The summed E-state index contributed by atoms with van der Waals surface area (Å²) in [6.07, 6.45) is 5.32. The van der Waals surface area contributed by atoms with E-state index in [1.165, 1.54) is 30.6 Å². The Hall–Kier alpha value is -3.43. The van der Waals surface area contributed by atoms with Gasteiger partial charge in [-0.05, 0) is 60.4 Å². The third kappa shape index (κ3) is 7.69. The molecule has 1 aliphatic heterocycles. The van der Waals surface area contributed by atoms with Gasteiger partial charge in [-0.3, -0.25) is 9.78 Å². The van der Waals surface area contributed by atoms with Gasteiger partial charge in [-0.15, -0.1) is 0 Å². The van der Waals surface area contributed by atoms with Gasteiger partial charge in [0.2, 0.25) is 5.91 Å². The number of likely N-dealkylation sites (tertiary alicyclic amines) is 1. The molecule has 7 nitrogen and oxygen atoms in total. The van der Waals surface area contributed by atoms with Crippen LogP contribution in [0.25, 0.3) is 0 Å². The Morgan fingerprint density at radius 2 is 1.74 bits per heavy atom. The first-order valence-corrected chi connectivity index (χ1v) is 14.6. The van der Waals surface area contributed by atoms with Crippen molar-refractivity contribution in [1.29, 1.82) is 0 Å². The lowest BCUT2D eigenvalue weighted by Crippen LogP contribution is -2.42. The van der Waals surface area contributed by atoms with Crippen LogP contribution in [0.2, 0.25) is 10.0 Å². The van der Waals surface area contributed by atoms with E-state index in [-0.39, 0.29) is 40.3 Å². The Bertz CT molecular complexity index is 1390. The molecule has 2 atom stereocenters. The van der Waals surface area contributed by atoms with E-state index in [0.29, 0.717) is 43.0 Å². The number of halogens is 4. The summed E-state index contributed by atoms with van der Waals surface area (Å²) < 4.78 is 42.8. The average Bonchev–Trinajstić information content (AvgIpc) is 3.66. The highest BCUT2D eigenvalue weighted by Crippen LogP contribution is 2.38. The maximum Gasteiger partial charge on any atom is 0.387 e. The highest BCUT2D eigenvalue weighted by molar-refractivity contribution is 6.35. The van der Waals surface area contributed by atoms with Gasteiger partial charge in [-0.2, -0.15) is 8.78 Å². The van der Waals surface area contributed by atoms with Crippen LogP contribution < -0.4 is 9.47 Å². The molecule has 1 aliphatic carbocycles. The van der Waals surface area contributed by atoms with Crippen LogP contribution in [0.5, 0.6) is 11.5 Å². The second-order valence-electron chi connectivity index (χ2n) is 10.5. The third-order valence-corrected chi connectivity index (χ3v) is 8.02. The molecule has 2 aliphatic rings. The van der Waals surface area contributed by atoms with Crippen molar-refractivity contribution in [2.45, 2.75) is 57.3 Å². The molecule has 222 valence electrons. The lowest BCUT2D eigenvalue weighted by Gasteiger charge is -2.27. The molecule has 0 bridgehead atoms. The van der Waals surface area contributed by atoms with Crippen molar-refractivity contribution >= 4 is 35.1 Å². The highest BCUT2D eigenvalue weighted by Gasteiger charge is 2.37. The summed E-state index contributed by atoms with van der Waals surface area (Å²) in [5.41, 5.74) is 1.83. The summed E-state index contributed by atoms with van der Waals surface area (Å²) >= 11 is 12.8. The number of pyridine rings is 1. The number of benzene rings is 2. The molecule has 1 amide bonds. The van der Waals surface area contributed by atoms with Crippen LogP contribution in [-0.4, -0.2) is 47.6 Å². The molecule has 42 heavy (non-hydrogen) atoms. The molecule has 2 fully saturated rings. The van der Waals surface area contributed by atoms with Gasteiger partial charge in [0.15, 0.2) is 11.5 Å². The number of nitrogens with zero attached hydrogens (tertiary/aromatic N) is 2. The Balaban J connectivity index is 1.41. The molecule has 1 saturated carbocycles. The van der Waals surface area contributed by atoms with E-state index in [1.807, 2.05) is 30.3 Å². The van der Waals surface area contributed by atoms with Crippen LogP contribution in [0.1, 0.15) is 48.5 Å². The van der Waals surface area contributed by atoms with Gasteiger partial charge >= 0.3 is 12.6 Å². The highest BCUT2D eigenvalue weighted by atomic mass is 35.5. The van der Waals surface area contributed by atoms with Crippen molar-refractivity contribution < 1.29 is 32.6 Å². The number of aromatic nitrogens is 1. The second-order valence-corrected chi connectivity index (χ2v) is 11.3. The quantitative estimate of drug-likeness (QED) is 0.207. The Labute approximate surface area is 252 Å². The van der Waals surface area contributed by atoms with Gasteiger partial charge in [0, 0.05) is 25.4 Å². The van der Waals surface area contributed by atoms with Crippen LogP contribution in [0, 0.1) is 5.92 Å². The zero-order valence-electron chi connectivity index (χ0n) is 22.7. The fourth-order valence-corrected chi connectivity index (χ4v) is 5.49. The predicted octanol–water partition coefficient (Wildman–Crippen LogP) is 6.84. The molecule has 0 N–H and O–H groups in total. The summed E-state index contributed by atoms with van der Waals surface area (Å²) in [5, 5.41) is 0.568. The minimum Gasteiger partial charge on any atom is -0.489 e. The first kappa shape index (κ1) is 30.0. The SMILES string of the molecule is O=C(OC(Cc1c(Cl)cncc1Cl)c1ccc(OC(F)F)c(OCC2CC2)c1)[C@@H]1CCCN1C(=O)Cc1ccccc1. The fraction of sp³-hybridized carbons (Fsp3) is 0.387. The lowest BCUT2D eigenvalue weighted by molar-refractivity contribution is -0.158. The largest absolute Gasteiger partial charge is 0.489 e. The predicted molar refractivity (Wildman–Crippen MR) is 153 cm³/mol. The number of carbonyl (C=O) groups is 2. The summed E-state index contributed by atoms with van der Waals surface area (Å²) in [6, 6.07) is 13.0.